The standard InChI is InChI=1S/C34H24Cl2N2O2/c35-26-14-17-29(36)28(21-26)33-19-20-34(40-33)32(39)18-13-23-11-15-27(16-12-23)38-31(25-9-5-2-6-10-25)22-30(37-38)24-7-3-1-4-8-24/h1-21,31H,22H2/b18-13+. The maximum Gasteiger partial charge on any atom is 0.221 e. The number of carbonyl (C=O) groups is 1. The van der Waals surface area contributed by atoms with Crippen molar-refractivity contribution in [3.63, 3.8) is 0 Å². The van der Waals surface area contributed by atoms with E-state index in [-0.39, 0.29) is 17.6 Å². The molecule has 6 rings (SSSR count). The van der Waals surface area contributed by atoms with Crippen LogP contribution in [0.15, 0.2) is 131 Å². The van der Waals surface area contributed by atoms with Crippen molar-refractivity contribution in [2.24, 2.45) is 5.10 Å². The van der Waals surface area contributed by atoms with Gasteiger partial charge in [-0.3, -0.25) is 9.80 Å². The van der Waals surface area contributed by atoms with Crippen molar-refractivity contribution in [1.82, 2.24) is 0 Å². The van der Waals surface area contributed by atoms with Crippen molar-refractivity contribution < 1.29 is 9.21 Å². The SMILES string of the molecule is O=C(/C=C/c1ccc(N2N=C(c3ccccc3)CC2c2ccccc2)cc1)c1ccc(-c2cc(Cl)ccc2Cl)o1. The van der Waals surface area contributed by atoms with Crippen LogP contribution in [0.1, 0.15) is 39.7 Å². The third kappa shape index (κ3) is 5.50. The highest BCUT2D eigenvalue weighted by Crippen LogP contribution is 2.37. The van der Waals surface area contributed by atoms with Crippen LogP contribution in [0.5, 0.6) is 0 Å². The molecule has 1 aromatic heterocycles. The highest BCUT2D eigenvalue weighted by Gasteiger charge is 2.29. The molecular weight excluding hydrogens is 539 g/mol. The predicted octanol–water partition coefficient (Wildman–Crippen LogP) is 9.51. The van der Waals surface area contributed by atoms with Gasteiger partial charge in [-0.15, -0.1) is 0 Å². The molecule has 5 aromatic rings. The van der Waals surface area contributed by atoms with Crippen LogP contribution in [-0.2, 0) is 0 Å². The van der Waals surface area contributed by atoms with Crippen LogP contribution in [0, 0.1) is 0 Å². The Hall–Kier alpha value is -4.38. The molecule has 0 spiro atoms. The van der Waals surface area contributed by atoms with E-state index in [2.05, 4.69) is 41.4 Å². The number of ketones is 1. The van der Waals surface area contributed by atoms with E-state index in [1.807, 2.05) is 48.5 Å². The molecular formula is C34H24Cl2N2O2. The number of anilines is 1. The summed E-state index contributed by atoms with van der Waals surface area (Å²) in [6, 6.07) is 37.3. The summed E-state index contributed by atoms with van der Waals surface area (Å²) in [6.07, 6.45) is 4.10. The van der Waals surface area contributed by atoms with Crippen LogP contribution in [0.4, 0.5) is 5.69 Å². The summed E-state index contributed by atoms with van der Waals surface area (Å²) in [5.41, 5.74) is 5.91. The van der Waals surface area contributed by atoms with Gasteiger partial charge in [0.25, 0.3) is 0 Å². The second-order valence-corrected chi connectivity index (χ2v) is 10.3. The van der Waals surface area contributed by atoms with Crippen molar-refractivity contribution in [2.45, 2.75) is 12.5 Å². The van der Waals surface area contributed by atoms with Crippen molar-refractivity contribution >= 4 is 46.5 Å². The molecule has 0 bridgehead atoms. The average molecular weight is 563 g/mol. The second-order valence-electron chi connectivity index (χ2n) is 9.47. The smallest absolute Gasteiger partial charge is 0.221 e. The number of hydrogen-bond acceptors (Lipinski definition) is 4. The quantitative estimate of drug-likeness (QED) is 0.146. The van der Waals surface area contributed by atoms with Crippen molar-refractivity contribution in [3.05, 3.63) is 154 Å². The van der Waals surface area contributed by atoms with Gasteiger partial charge in [-0.1, -0.05) is 102 Å². The third-order valence-corrected chi connectivity index (χ3v) is 7.39. The lowest BCUT2D eigenvalue weighted by molar-refractivity contribution is 0.102. The Morgan fingerprint density at radius 2 is 1.57 bits per heavy atom. The Balaban J connectivity index is 1.20. The molecule has 1 atom stereocenters. The number of benzene rings is 4. The van der Waals surface area contributed by atoms with Gasteiger partial charge >= 0.3 is 0 Å². The fourth-order valence-electron chi connectivity index (χ4n) is 4.78. The van der Waals surface area contributed by atoms with Crippen LogP contribution < -0.4 is 5.01 Å². The van der Waals surface area contributed by atoms with Crippen molar-refractivity contribution in [2.75, 3.05) is 5.01 Å². The van der Waals surface area contributed by atoms with E-state index in [0.29, 0.717) is 21.4 Å². The lowest BCUT2D eigenvalue weighted by atomic mass is 9.98. The first-order valence-corrected chi connectivity index (χ1v) is 13.7. The number of hydrazone groups is 1. The van der Waals surface area contributed by atoms with Crippen molar-refractivity contribution in [3.8, 4) is 11.3 Å². The van der Waals surface area contributed by atoms with Gasteiger partial charge in [0.05, 0.1) is 22.5 Å². The molecule has 0 radical (unpaired) electrons. The first-order chi connectivity index (χ1) is 19.5. The molecule has 1 unspecified atom stereocenters. The number of hydrogen-bond donors (Lipinski definition) is 0. The zero-order valence-electron chi connectivity index (χ0n) is 21.4. The third-order valence-electron chi connectivity index (χ3n) is 6.83. The summed E-state index contributed by atoms with van der Waals surface area (Å²) in [6.45, 7) is 0. The van der Waals surface area contributed by atoms with Crippen molar-refractivity contribution in [1.29, 1.82) is 0 Å². The number of rotatable bonds is 7. The summed E-state index contributed by atoms with van der Waals surface area (Å²) >= 11 is 12.4. The maximum absolute atomic E-state index is 12.8. The van der Waals surface area contributed by atoms with Crippen LogP contribution in [0.3, 0.4) is 0 Å². The topological polar surface area (TPSA) is 45.8 Å². The van der Waals surface area contributed by atoms with Gasteiger partial charge in [-0.25, -0.2) is 0 Å². The number of halogens is 2. The van der Waals surface area contributed by atoms with Gasteiger partial charge in [0.2, 0.25) is 5.78 Å². The zero-order valence-corrected chi connectivity index (χ0v) is 22.9. The van der Waals surface area contributed by atoms with Gasteiger partial charge in [0, 0.05) is 17.0 Å². The normalized spacial score (nSPS) is 15.0. The Morgan fingerprint density at radius 3 is 2.33 bits per heavy atom. The highest BCUT2D eigenvalue weighted by molar-refractivity contribution is 6.35. The summed E-state index contributed by atoms with van der Waals surface area (Å²) in [5, 5.41) is 8.14. The molecule has 4 aromatic carbocycles. The molecule has 40 heavy (non-hydrogen) atoms. The van der Waals surface area contributed by atoms with Gasteiger partial charge in [0.1, 0.15) is 5.76 Å². The minimum atomic E-state index is -0.241. The minimum absolute atomic E-state index is 0.0977. The minimum Gasteiger partial charge on any atom is -0.453 e. The number of nitrogens with zero attached hydrogens (tertiary/aromatic N) is 2. The Kier molecular flexibility index (Phi) is 7.37. The van der Waals surface area contributed by atoms with E-state index in [0.717, 1.165) is 28.9 Å². The maximum atomic E-state index is 12.8. The van der Waals surface area contributed by atoms with Crippen LogP contribution in [0.25, 0.3) is 17.4 Å². The van der Waals surface area contributed by atoms with Crippen LogP contribution in [-0.4, -0.2) is 11.5 Å². The predicted molar refractivity (Wildman–Crippen MR) is 163 cm³/mol. The van der Waals surface area contributed by atoms with E-state index < -0.39 is 0 Å². The molecule has 0 saturated heterocycles. The molecule has 6 heteroatoms. The average Bonchev–Trinajstić information content (AvgIpc) is 3.67. The van der Waals surface area contributed by atoms with E-state index >= 15 is 0 Å². The fraction of sp³-hybridized carbons (Fsp3) is 0.0588. The molecule has 0 fully saturated rings. The molecule has 0 N–H and O–H groups in total. The molecule has 0 aliphatic carbocycles. The fourth-order valence-corrected chi connectivity index (χ4v) is 5.16. The van der Waals surface area contributed by atoms with Gasteiger partial charge in [-0.05, 0) is 65.2 Å². The van der Waals surface area contributed by atoms with E-state index in [1.165, 1.54) is 11.6 Å². The molecule has 1 aliphatic rings. The molecule has 0 amide bonds. The van der Waals surface area contributed by atoms with Gasteiger partial charge < -0.3 is 4.42 Å². The zero-order chi connectivity index (χ0) is 27.5. The molecule has 1 aliphatic heterocycles. The van der Waals surface area contributed by atoms with E-state index in [9.17, 15) is 4.79 Å². The Morgan fingerprint density at radius 1 is 0.850 bits per heavy atom. The highest BCUT2D eigenvalue weighted by atomic mass is 35.5. The lowest BCUT2D eigenvalue weighted by Crippen LogP contribution is -2.18. The van der Waals surface area contributed by atoms with Crippen LogP contribution >= 0.6 is 23.2 Å². The molecule has 4 nitrogen and oxygen atoms in total. The van der Waals surface area contributed by atoms with Gasteiger partial charge in [-0.2, -0.15) is 5.10 Å². The second kappa shape index (κ2) is 11.4. The molecule has 2 heterocycles. The summed E-state index contributed by atoms with van der Waals surface area (Å²) in [5.74, 6) is 0.473. The molecule has 0 saturated carbocycles. The Labute approximate surface area is 242 Å². The number of allylic oxidation sites excluding steroid dienone is 1. The largest absolute Gasteiger partial charge is 0.453 e. The lowest BCUT2D eigenvalue weighted by Gasteiger charge is -2.24. The molecule has 196 valence electrons. The Bertz CT molecular complexity index is 1710. The van der Waals surface area contributed by atoms with E-state index in [1.54, 1.807) is 36.4 Å². The first kappa shape index (κ1) is 25.9. The first-order valence-electron chi connectivity index (χ1n) is 12.9. The van der Waals surface area contributed by atoms with Gasteiger partial charge in [0.15, 0.2) is 5.76 Å². The van der Waals surface area contributed by atoms with E-state index in [4.69, 9.17) is 32.7 Å². The number of carbonyl (C=O) groups excluding carboxylic acids is 1. The van der Waals surface area contributed by atoms with Crippen LogP contribution in [0.2, 0.25) is 10.0 Å². The summed E-state index contributed by atoms with van der Waals surface area (Å²) in [4.78, 5) is 12.8. The monoisotopic (exact) mass is 562 g/mol. The number of furan rings is 1. The summed E-state index contributed by atoms with van der Waals surface area (Å²) in [7, 11) is 0. The summed E-state index contributed by atoms with van der Waals surface area (Å²) < 4.78 is 5.78.